The second kappa shape index (κ2) is 7.59. The van der Waals surface area contributed by atoms with E-state index in [4.69, 9.17) is 4.98 Å². The van der Waals surface area contributed by atoms with Crippen LogP contribution >= 0.6 is 11.3 Å². The third-order valence-corrected chi connectivity index (χ3v) is 5.10. The van der Waals surface area contributed by atoms with Crippen LogP contribution in [0.2, 0.25) is 0 Å². The Labute approximate surface area is 134 Å². The summed E-state index contributed by atoms with van der Waals surface area (Å²) in [5, 5.41) is 4.79. The van der Waals surface area contributed by atoms with Crippen LogP contribution in [0.3, 0.4) is 0 Å². The van der Waals surface area contributed by atoms with Crippen LogP contribution in [-0.4, -0.2) is 24.6 Å². The predicted molar refractivity (Wildman–Crippen MR) is 93.5 cm³/mol. The first-order valence-electron chi connectivity index (χ1n) is 8.48. The minimum Gasteiger partial charge on any atom is -0.348 e. The number of anilines is 1. The van der Waals surface area contributed by atoms with Gasteiger partial charge in [-0.05, 0) is 25.8 Å². The number of nitrogens with zero attached hydrogens (tertiary/aromatic N) is 2. The first-order chi connectivity index (χ1) is 10.0. The molecule has 0 bridgehead atoms. The molecule has 3 nitrogen and oxygen atoms in total. The lowest BCUT2D eigenvalue weighted by Gasteiger charge is -2.20. The molecule has 4 heteroatoms. The summed E-state index contributed by atoms with van der Waals surface area (Å²) in [6.45, 7) is 13.4. The summed E-state index contributed by atoms with van der Waals surface area (Å²) >= 11 is 1.90. The number of nitrogens with one attached hydrogen (secondary N) is 1. The van der Waals surface area contributed by atoms with Crippen LogP contribution < -0.4 is 10.2 Å². The van der Waals surface area contributed by atoms with Crippen LogP contribution in [0.1, 0.15) is 70.4 Å². The van der Waals surface area contributed by atoms with Gasteiger partial charge in [0.15, 0.2) is 5.13 Å². The van der Waals surface area contributed by atoms with Gasteiger partial charge in [0.2, 0.25) is 0 Å². The molecule has 0 unspecified atom stereocenters. The molecule has 0 spiro atoms. The Morgan fingerprint density at radius 3 is 2.38 bits per heavy atom. The highest BCUT2D eigenvalue weighted by Crippen LogP contribution is 2.34. The highest BCUT2D eigenvalue weighted by molar-refractivity contribution is 7.15. The van der Waals surface area contributed by atoms with E-state index in [2.05, 4.69) is 37.9 Å². The third kappa shape index (κ3) is 4.68. The monoisotopic (exact) mass is 309 g/mol. The Morgan fingerprint density at radius 1 is 1.14 bits per heavy atom. The first kappa shape index (κ1) is 16.8. The average Bonchev–Trinajstić information content (AvgIpc) is 2.67. The molecule has 0 atom stereocenters. The van der Waals surface area contributed by atoms with Crippen molar-refractivity contribution >= 4 is 16.5 Å². The van der Waals surface area contributed by atoms with Gasteiger partial charge in [-0.3, -0.25) is 0 Å². The van der Waals surface area contributed by atoms with Crippen LogP contribution in [0.5, 0.6) is 0 Å². The van der Waals surface area contributed by atoms with E-state index in [1.54, 1.807) is 0 Å². The molecule has 0 radical (unpaired) electrons. The number of hydrogen-bond acceptors (Lipinski definition) is 4. The van der Waals surface area contributed by atoms with E-state index in [-0.39, 0.29) is 5.41 Å². The molecule has 0 amide bonds. The van der Waals surface area contributed by atoms with Crippen molar-refractivity contribution < 1.29 is 0 Å². The maximum Gasteiger partial charge on any atom is 0.185 e. The Balaban J connectivity index is 2.18. The Bertz CT molecular complexity index is 426. The van der Waals surface area contributed by atoms with Crippen molar-refractivity contribution in [2.45, 2.75) is 71.8 Å². The molecule has 2 rings (SSSR count). The van der Waals surface area contributed by atoms with E-state index < -0.39 is 0 Å². The van der Waals surface area contributed by atoms with Crippen molar-refractivity contribution in [2.75, 3.05) is 24.5 Å². The quantitative estimate of drug-likeness (QED) is 0.821. The van der Waals surface area contributed by atoms with E-state index in [0.29, 0.717) is 0 Å². The molecule has 1 aromatic heterocycles. The zero-order valence-electron chi connectivity index (χ0n) is 14.2. The lowest BCUT2D eigenvalue weighted by molar-refractivity contribution is 0.558. The zero-order valence-corrected chi connectivity index (χ0v) is 15.0. The zero-order chi connectivity index (χ0) is 15.3. The van der Waals surface area contributed by atoms with Crippen molar-refractivity contribution in [1.29, 1.82) is 0 Å². The standard InChI is InChI=1S/C17H31N3S/c1-5-10-18-13-14-15(17(2,3)4)19-16(21-14)20-11-8-6-7-9-12-20/h18H,5-13H2,1-4H3. The molecular weight excluding hydrogens is 278 g/mol. The van der Waals surface area contributed by atoms with Gasteiger partial charge in [-0.25, -0.2) is 4.98 Å². The maximum atomic E-state index is 5.03. The molecule has 1 aliphatic rings. The second-order valence-corrected chi connectivity index (χ2v) is 8.16. The molecule has 21 heavy (non-hydrogen) atoms. The third-order valence-electron chi connectivity index (χ3n) is 3.99. The summed E-state index contributed by atoms with van der Waals surface area (Å²) in [4.78, 5) is 8.97. The molecule has 1 aliphatic heterocycles. The fraction of sp³-hybridized carbons (Fsp3) is 0.824. The molecule has 1 N–H and O–H groups in total. The first-order valence-corrected chi connectivity index (χ1v) is 9.30. The lowest BCUT2D eigenvalue weighted by atomic mass is 9.91. The molecule has 1 fully saturated rings. The van der Waals surface area contributed by atoms with Crippen molar-refractivity contribution in [1.82, 2.24) is 10.3 Å². The van der Waals surface area contributed by atoms with Gasteiger partial charge >= 0.3 is 0 Å². The van der Waals surface area contributed by atoms with Crippen molar-refractivity contribution in [3.8, 4) is 0 Å². The van der Waals surface area contributed by atoms with Crippen LogP contribution in [0.15, 0.2) is 0 Å². The summed E-state index contributed by atoms with van der Waals surface area (Å²) in [5.41, 5.74) is 1.42. The number of rotatable bonds is 5. The van der Waals surface area contributed by atoms with Gasteiger partial charge in [0, 0.05) is 29.9 Å². The molecule has 1 saturated heterocycles. The molecule has 2 heterocycles. The number of thiazole rings is 1. The van der Waals surface area contributed by atoms with Crippen molar-refractivity contribution in [3.05, 3.63) is 10.6 Å². The van der Waals surface area contributed by atoms with Gasteiger partial charge < -0.3 is 10.2 Å². The molecule has 0 aromatic carbocycles. The summed E-state index contributed by atoms with van der Waals surface area (Å²) in [6.07, 6.45) is 6.56. The number of hydrogen-bond donors (Lipinski definition) is 1. The highest BCUT2D eigenvalue weighted by Gasteiger charge is 2.25. The summed E-state index contributed by atoms with van der Waals surface area (Å²) < 4.78 is 0. The SMILES string of the molecule is CCCNCc1sc(N2CCCCCC2)nc1C(C)(C)C. The van der Waals surface area contributed by atoms with E-state index >= 15 is 0 Å². The van der Waals surface area contributed by atoms with Gasteiger partial charge in [0.25, 0.3) is 0 Å². The molecule has 0 aliphatic carbocycles. The summed E-state index contributed by atoms with van der Waals surface area (Å²) in [6, 6.07) is 0. The average molecular weight is 310 g/mol. The Kier molecular flexibility index (Phi) is 6.06. The minimum absolute atomic E-state index is 0.129. The van der Waals surface area contributed by atoms with Crippen molar-refractivity contribution in [2.24, 2.45) is 0 Å². The molecule has 1 aromatic rings. The topological polar surface area (TPSA) is 28.2 Å². The fourth-order valence-electron chi connectivity index (χ4n) is 2.82. The van der Waals surface area contributed by atoms with Crippen LogP contribution in [0, 0.1) is 0 Å². The fourth-order valence-corrected chi connectivity index (χ4v) is 4.11. The second-order valence-electron chi connectivity index (χ2n) is 7.10. The van der Waals surface area contributed by atoms with Gasteiger partial charge in [-0.1, -0.05) is 40.5 Å². The van der Waals surface area contributed by atoms with Gasteiger partial charge in [-0.15, -0.1) is 11.3 Å². The maximum absolute atomic E-state index is 5.03. The van der Waals surface area contributed by atoms with Gasteiger partial charge in [0.1, 0.15) is 0 Å². The minimum atomic E-state index is 0.129. The Hall–Kier alpha value is -0.610. The van der Waals surface area contributed by atoms with Crippen LogP contribution in [0.4, 0.5) is 5.13 Å². The Morgan fingerprint density at radius 2 is 1.81 bits per heavy atom. The highest BCUT2D eigenvalue weighted by atomic mass is 32.1. The number of aromatic nitrogens is 1. The lowest BCUT2D eigenvalue weighted by Crippen LogP contribution is -2.24. The smallest absolute Gasteiger partial charge is 0.185 e. The van der Waals surface area contributed by atoms with Crippen LogP contribution in [0.25, 0.3) is 0 Å². The van der Waals surface area contributed by atoms with E-state index in [0.717, 1.165) is 13.1 Å². The largest absolute Gasteiger partial charge is 0.348 e. The van der Waals surface area contributed by atoms with E-state index in [1.807, 2.05) is 11.3 Å². The molecule has 0 saturated carbocycles. The van der Waals surface area contributed by atoms with E-state index in [9.17, 15) is 0 Å². The predicted octanol–water partition coefficient (Wildman–Crippen LogP) is 4.32. The normalized spacial score (nSPS) is 17.0. The molecular formula is C17H31N3S. The summed E-state index contributed by atoms with van der Waals surface area (Å²) in [7, 11) is 0. The van der Waals surface area contributed by atoms with Gasteiger partial charge in [0.05, 0.1) is 5.69 Å². The summed E-state index contributed by atoms with van der Waals surface area (Å²) in [5.74, 6) is 0. The molecule has 120 valence electrons. The van der Waals surface area contributed by atoms with Crippen molar-refractivity contribution in [3.63, 3.8) is 0 Å². The van der Waals surface area contributed by atoms with Gasteiger partial charge in [-0.2, -0.15) is 0 Å². The van der Waals surface area contributed by atoms with E-state index in [1.165, 1.54) is 60.9 Å². The van der Waals surface area contributed by atoms with Crippen LogP contribution in [-0.2, 0) is 12.0 Å².